The van der Waals surface area contributed by atoms with Crippen molar-refractivity contribution in [2.24, 2.45) is 0 Å². The minimum atomic E-state index is -3.47. The van der Waals surface area contributed by atoms with Crippen molar-refractivity contribution >= 4 is 16.1 Å². The van der Waals surface area contributed by atoms with E-state index in [9.17, 15) is 13.2 Å². The smallest absolute Gasteiger partial charge is 0.407 e. The fourth-order valence-corrected chi connectivity index (χ4v) is 3.36. The van der Waals surface area contributed by atoms with Gasteiger partial charge in [0.05, 0.1) is 12.4 Å². The number of benzene rings is 1. The number of carbonyl (C=O) groups excluding carboxylic acids is 1. The van der Waals surface area contributed by atoms with E-state index in [-0.39, 0.29) is 31.9 Å². The Morgan fingerprint density at radius 2 is 1.92 bits per heavy atom. The molecule has 0 aromatic heterocycles. The molecule has 8 heteroatoms. The minimum Gasteiger partial charge on any atom is -0.445 e. The Hall–Kier alpha value is -1.64. The molecule has 0 saturated heterocycles. The van der Waals surface area contributed by atoms with Crippen molar-refractivity contribution in [2.45, 2.75) is 32.4 Å². The summed E-state index contributed by atoms with van der Waals surface area (Å²) in [5.41, 5.74) is 0.139. The molecule has 24 heavy (non-hydrogen) atoms. The van der Waals surface area contributed by atoms with E-state index in [0.717, 1.165) is 9.87 Å². The van der Waals surface area contributed by atoms with Gasteiger partial charge >= 0.3 is 6.09 Å². The van der Waals surface area contributed by atoms with Gasteiger partial charge in [0.2, 0.25) is 10.0 Å². The van der Waals surface area contributed by atoms with Crippen LogP contribution in [0.2, 0.25) is 0 Å². The van der Waals surface area contributed by atoms with Crippen LogP contribution in [0.5, 0.6) is 0 Å². The van der Waals surface area contributed by atoms with E-state index >= 15 is 0 Å². The summed E-state index contributed by atoms with van der Waals surface area (Å²) in [6.45, 7) is 3.44. The van der Waals surface area contributed by atoms with Crippen LogP contribution in [0.1, 0.15) is 25.8 Å². The van der Waals surface area contributed by atoms with Crippen molar-refractivity contribution in [1.82, 2.24) is 9.62 Å². The maximum absolute atomic E-state index is 12.0. The first-order chi connectivity index (χ1) is 11.2. The number of aliphatic hydroxyl groups excluding tert-OH is 1. The molecule has 1 aromatic rings. The molecule has 1 rings (SSSR count). The predicted octanol–water partition coefficient (Wildman–Crippen LogP) is 1.34. The van der Waals surface area contributed by atoms with Crippen LogP contribution in [0.3, 0.4) is 0 Å². The second-order valence-corrected chi connectivity index (χ2v) is 8.38. The Balaban J connectivity index is 2.46. The van der Waals surface area contributed by atoms with Crippen molar-refractivity contribution in [1.29, 1.82) is 0 Å². The fourth-order valence-electron chi connectivity index (χ4n) is 1.92. The zero-order chi connectivity index (χ0) is 18.2. The first-order valence-electron chi connectivity index (χ1n) is 7.70. The summed E-state index contributed by atoms with van der Waals surface area (Å²) in [5, 5.41) is 11.5. The molecule has 1 amide bonds. The molecule has 0 aliphatic carbocycles. The molecule has 0 saturated carbocycles. The second kappa shape index (κ2) is 9.00. The lowest BCUT2D eigenvalue weighted by atomic mass is 10.0. The summed E-state index contributed by atoms with van der Waals surface area (Å²) in [5.74, 6) is -0.129. The van der Waals surface area contributed by atoms with Gasteiger partial charge in [-0.25, -0.2) is 17.5 Å². The molecule has 136 valence electrons. The Labute approximate surface area is 143 Å². The van der Waals surface area contributed by atoms with Gasteiger partial charge in [-0.2, -0.15) is 0 Å². The van der Waals surface area contributed by atoms with Crippen LogP contribution in [0.15, 0.2) is 30.3 Å². The van der Waals surface area contributed by atoms with Crippen LogP contribution in [0.4, 0.5) is 4.79 Å². The molecule has 0 bridgehead atoms. The van der Waals surface area contributed by atoms with Gasteiger partial charge in [0.1, 0.15) is 6.61 Å². The van der Waals surface area contributed by atoms with E-state index in [4.69, 9.17) is 9.84 Å². The number of hydrogen-bond acceptors (Lipinski definition) is 5. The van der Waals surface area contributed by atoms with Crippen LogP contribution in [0, 0.1) is 0 Å². The Bertz CT molecular complexity index is 617. The first kappa shape index (κ1) is 20.4. The van der Waals surface area contributed by atoms with Gasteiger partial charge in [0.15, 0.2) is 0 Å². The number of rotatable bonds is 9. The summed E-state index contributed by atoms with van der Waals surface area (Å²) in [6, 6.07) is 9.29. The van der Waals surface area contributed by atoms with Gasteiger partial charge in [-0.05, 0) is 25.8 Å². The zero-order valence-corrected chi connectivity index (χ0v) is 15.2. The predicted molar refractivity (Wildman–Crippen MR) is 92.0 cm³/mol. The largest absolute Gasteiger partial charge is 0.445 e. The molecular weight excluding hydrogens is 332 g/mol. The maximum atomic E-state index is 12.0. The minimum absolute atomic E-state index is 0.0509. The molecule has 0 unspecified atom stereocenters. The maximum Gasteiger partial charge on any atom is 0.407 e. The lowest BCUT2D eigenvalue weighted by molar-refractivity contribution is 0.129. The third-order valence-electron chi connectivity index (χ3n) is 3.53. The summed E-state index contributed by atoms with van der Waals surface area (Å²) < 4.78 is 30.3. The van der Waals surface area contributed by atoms with Crippen molar-refractivity contribution in [3.05, 3.63) is 35.9 Å². The molecule has 0 heterocycles. The molecule has 0 aliphatic heterocycles. The van der Waals surface area contributed by atoms with E-state index in [2.05, 4.69) is 5.32 Å². The molecule has 0 aliphatic rings. The molecule has 0 spiro atoms. The zero-order valence-electron chi connectivity index (χ0n) is 14.4. The van der Waals surface area contributed by atoms with E-state index in [0.29, 0.717) is 0 Å². The number of nitrogens with zero attached hydrogens (tertiary/aromatic N) is 1. The topological polar surface area (TPSA) is 95.9 Å². The quantitative estimate of drug-likeness (QED) is 0.694. The number of likely N-dealkylation sites (N-methyl/N-ethyl adjacent to an activating group) is 1. The van der Waals surface area contributed by atoms with Gasteiger partial charge < -0.3 is 15.2 Å². The number of sulfonamides is 1. The Kier molecular flexibility index (Phi) is 7.65. The third kappa shape index (κ3) is 7.29. The lowest BCUT2D eigenvalue weighted by Crippen LogP contribution is -2.45. The summed E-state index contributed by atoms with van der Waals surface area (Å²) in [4.78, 5) is 11.9. The highest BCUT2D eigenvalue weighted by atomic mass is 32.2. The highest BCUT2D eigenvalue weighted by Crippen LogP contribution is 2.13. The highest BCUT2D eigenvalue weighted by Gasteiger charge is 2.26. The number of aliphatic hydroxyl groups is 1. The molecule has 2 N–H and O–H groups in total. The van der Waals surface area contributed by atoms with Crippen LogP contribution < -0.4 is 5.32 Å². The van der Waals surface area contributed by atoms with Crippen LogP contribution in [-0.4, -0.2) is 55.4 Å². The van der Waals surface area contributed by atoms with E-state index in [1.165, 1.54) is 7.05 Å². The number of alkyl carbamates (subject to hydrolysis) is 1. The number of amides is 1. The van der Waals surface area contributed by atoms with E-state index in [1.807, 2.05) is 30.3 Å². The van der Waals surface area contributed by atoms with Crippen LogP contribution >= 0.6 is 0 Å². The molecule has 0 atom stereocenters. The standard InChI is InChI=1S/C16H26N2O5S/c1-16(2,9-12-24(21,22)18(3)10-11-19)17-15(20)23-13-14-7-5-4-6-8-14/h4-8,19H,9-13H2,1-3H3,(H,17,20). The van der Waals surface area contributed by atoms with Gasteiger partial charge in [0, 0.05) is 19.1 Å². The van der Waals surface area contributed by atoms with E-state index < -0.39 is 21.7 Å². The van der Waals surface area contributed by atoms with Gasteiger partial charge in [-0.3, -0.25) is 0 Å². The van der Waals surface area contributed by atoms with Crippen molar-refractivity contribution in [2.75, 3.05) is 26.0 Å². The van der Waals surface area contributed by atoms with Gasteiger partial charge in [-0.1, -0.05) is 30.3 Å². The molecule has 0 radical (unpaired) electrons. The monoisotopic (exact) mass is 358 g/mol. The molecule has 0 fully saturated rings. The molecule has 7 nitrogen and oxygen atoms in total. The summed E-state index contributed by atoms with van der Waals surface area (Å²) in [6.07, 6.45) is -0.365. The Morgan fingerprint density at radius 3 is 2.50 bits per heavy atom. The lowest BCUT2D eigenvalue weighted by Gasteiger charge is -2.27. The average Bonchev–Trinajstić information content (AvgIpc) is 2.52. The first-order valence-corrected chi connectivity index (χ1v) is 9.31. The third-order valence-corrected chi connectivity index (χ3v) is 5.38. The summed E-state index contributed by atoms with van der Waals surface area (Å²) in [7, 11) is -2.05. The molecular formula is C16H26N2O5S. The molecule has 1 aromatic carbocycles. The van der Waals surface area contributed by atoms with Gasteiger partial charge in [0.25, 0.3) is 0 Å². The van der Waals surface area contributed by atoms with Crippen molar-refractivity contribution < 1.29 is 23.1 Å². The normalized spacial score (nSPS) is 12.2. The fraction of sp³-hybridized carbons (Fsp3) is 0.562. The summed E-state index contributed by atoms with van der Waals surface area (Å²) >= 11 is 0. The number of hydrogen-bond donors (Lipinski definition) is 2. The van der Waals surface area contributed by atoms with Gasteiger partial charge in [-0.15, -0.1) is 0 Å². The average molecular weight is 358 g/mol. The SMILES string of the molecule is CN(CCO)S(=O)(=O)CCC(C)(C)NC(=O)OCc1ccccc1. The van der Waals surface area contributed by atoms with Crippen LogP contribution in [-0.2, 0) is 21.4 Å². The van der Waals surface area contributed by atoms with Crippen molar-refractivity contribution in [3.8, 4) is 0 Å². The van der Waals surface area contributed by atoms with Crippen LogP contribution in [0.25, 0.3) is 0 Å². The number of ether oxygens (including phenoxy) is 1. The van der Waals surface area contributed by atoms with E-state index in [1.54, 1.807) is 13.8 Å². The van der Waals surface area contributed by atoms with Crippen molar-refractivity contribution in [3.63, 3.8) is 0 Å². The Morgan fingerprint density at radius 1 is 1.29 bits per heavy atom. The number of carbonyl (C=O) groups is 1. The number of nitrogens with one attached hydrogen (secondary N) is 1. The highest BCUT2D eigenvalue weighted by molar-refractivity contribution is 7.89. The second-order valence-electron chi connectivity index (χ2n) is 6.18.